The Balaban J connectivity index is 3.25. The number of hydrogen-bond donors (Lipinski definition) is 2. The van der Waals surface area contributed by atoms with Gasteiger partial charge in [0.15, 0.2) is 11.5 Å². The zero-order valence-electron chi connectivity index (χ0n) is 10.3. The monoisotopic (exact) mass is 224 g/mol. The maximum absolute atomic E-state index is 10.0. The van der Waals surface area contributed by atoms with E-state index in [0.29, 0.717) is 18.1 Å². The Bertz CT molecular complexity index is 356. The highest BCUT2D eigenvalue weighted by Crippen LogP contribution is 2.36. The van der Waals surface area contributed by atoms with Crippen LogP contribution in [-0.4, -0.2) is 23.4 Å². The minimum Gasteiger partial charge on any atom is -0.504 e. The maximum Gasteiger partial charge on any atom is 0.161 e. The summed E-state index contributed by atoms with van der Waals surface area (Å²) in [6.45, 7) is 5.84. The number of hydrogen-bond acceptors (Lipinski definition) is 3. The number of ether oxygens (including phenoxy) is 1. The van der Waals surface area contributed by atoms with Crippen LogP contribution >= 0.6 is 0 Å². The molecule has 0 amide bonds. The number of aliphatic hydroxyl groups excluding tert-OH is 1. The summed E-state index contributed by atoms with van der Waals surface area (Å²) in [6, 6.07) is 3.71. The minimum atomic E-state index is -0.476. The molecule has 0 aliphatic carbocycles. The Morgan fingerprint density at radius 1 is 1.25 bits per heavy atom. The predicted molar refractivity (Wildman–Crippen MR) is 64.1 cm³/mol. The van der Waals surface area contributed by atoms with E-state index in [1.54, 1.807) is 13.0 Å². The largest absolute Gasteiger partial charge is 0.504 e. The molecule has 0 saturated heterocycles. The Labute approximate surface area is 96.7 Å². The fourth-order valence-electron chi connectivity index (χ4n) is 1.85. The molecule has 0 aliphatic heterocycles. The third kappa shape index (κ3) is 2.67. The Hall–Kier alpha value is -1.22. The van der Waals surface area contributed by atoms with Crippen molar-refractivity contribution in [1.82, 2.24) is 0 Å². The van der Waals surface area contributed by atoms with Gasteiger partial charge in [-0.1, -0.05) is 19.9 Å². The molecule has 0 saturated carbocycles. The lowest BCUT2D eigenvalue weighted by atomic mass is 9.93. The molecule has 0 heterocycles. The molecule has 0 aliphatic rings. The lowest BCUT2D eigenvalue weighted by molar-refractivity contribution is 0.193. The molecule has 90 valence electrons. The van der Waals surface area contributed by atoms with Gasteiger partial charge in [-0.15, -0.1) is 0 Å². The maximum atomic E-state index is 10.0. The lowest BCUT2D eigenvalue weighted by Gasteiger charge is -2.17. The summed E-state index contributed by atoms with van der Waals surface area (Å²) in [4.78, 5) is 0. The second-order valence-corrected chi connectivity index (χ2v) is 4.39. The molecular weight excluding hydrogens is 204 g/mol. The summed E-state index contributed by atoms with van der Waals surface area (Å²) in [5.74, 6) is 0.917. The molecule has 3 nitrogen and oxygen atoms in total. The number of rotatable bonds is 4. The zero-order valence-corrected chi connectivity index (χ0v) is 10.3. The number of benzene rings is 1. The molecule has 0 aromatic heterocycles. The van der Waals surface area contributed by atoms with E-state index in [9.17, 15) is 10.2 Å². The van der Waals surface area contributed by atoms with Gasteiger partial charge >= 0.3 is 0 Å². The van der Waals surface area contributed by atoms with Crippen LogP contribution in [0.2, 0.25) is 0 Å². The molecule has 0 fully saturated rings. The van der Waals surface area contributed by atoms with E-state index in [4.69, 9.17) is 4.74 Å². The summed E-state index contributed by atoms with van der Waals surface area (Å²) >= 11 is 0. The zero-order chi connectivity index (χ0) is 12.3. The number of methoxy groups -OCH3 is 1. The van der Waals surface area contributed by atoms with Crippen molar-refractivity contribution in [1.29, 1.82) is 0 Å². The Kier molecular flexibility index (Phi) is 4.19. The van der Waals surface area contributed by atoms with E-state index in [0.717, 1.165) is 11.1 Å². The van der Waals surface area contributed by atoms with Crippen LogP contribution < -0.4 is 4.74 Å². The second kappa shape index (κ2) is 5.21. The van der Waals surface area contributed by atoms with Crippen LogP contribution in [0.4, 0.5) is 0 Å². The van der Waals surface area contributed by atoms with Crippen molar-refractivity contribution >= 4 is 0 Å². The fourth-order valence-corrected chi connectivity index (χ4v) is 1.85. The van der Waals surface area contributed by atoms with E-state index in [-0.39, 0.29) is 5.75 Å². The van der Waals surface area contributed by atoms with Crippen molar-refractivity contribution in [3.05, 3.63) is 23.3 Å². The van der Waals surface area contributed by atoms with E-state index in [1.165, 1.54) is 7.11 Å². The standard InChI is InChI=1S/C13H20O3/c1-8(2)10-5-6-12(16-4)13(15)11(10)7-9(3)14/h5-6,8-9,14-15H,7H2,1-4H3. The first kappa shape index (κ1) is 12.8. The van der Waals surface area contributed by atoms with Crippen molar-refractivity contribution < 1.29 is 14.9 Å². The molecule has 16 heavy (non-hydrogen) atoms. The third-order valence-electron chi connectivity index (χ3n) is 2.62. The van der Waals surface area contributed by atoms with E-state index < -0.39 is 6.10 Å². The van der Waals surface area contributed by atoms with Crippen molar-refractivity contribution in [2.24, 2.45) is 0 Å². The molecule has 1 unspecified atom stereocenters. The number of phenolic OH excluding ortho intramolecular Hbond substituents is 1. The Morgan fingerprint density at radius 3 is 2.31 bits per heavy atom. The molecule has 1 aromatic rings. The van der Waals surface area contributed by atoms with Gasteiger partial charge in [-0.05, 0) is 24.5 Å². The summed E-state index contributed by atoms with van der Waals surface area (Å²) in [5, 5.41) is 19.5. The lowest BCUT2D eigenvalue weighted by Crippen LogP contribution is -2.08. The van der Waals surface area contributed by atoms with Crippen LogP contribution in [-0.2, 0) is 6.42 Å². The third-order valence-corrected chi connectivity index (χ3v) is 2.62. The van der Waals surface area contributed by atoms with Crippen molar-refractivity contribution in [2.75, 3.05) is 7.11 Å². The first-order valence-electron chi connectivity index (χ1n) is 5.54. The molecule has 3 heteroatoms. The number of aromatic hydroxyl groups is 1. The highest BCUT2D eigenvalue weighted by atomic mass is 16.5. The van der Waals surface area contributed by atoms with E-state index in [2.05, 4.69) is 13.8 Å². The van der Waals surface area contributed by atoms with E-state index >= 15 is 0 Å². The molecule has 1 atom stereocenters. The molecule has 1 aromatic carbocycles. The summed E-state index contributed by atoms with van der Waals surface area (Å²) in [5.41, 5.74) is 1.84. The molecule has 0 radical (unpaired) electrons. The highest BCUT2D eigenvalue weighted by molar-refractivity contribution is 5.51. The first-order valence-corrected chi connectivity index (χ1v) is 5.54. The van der Waals surface area contributed by atoms with E-state index in [1.807, 2.05) is 6.07 Å². The molecule has 1 rings (SSSR count). The summed E-state index contributed by atoms with van der Waals surface area (Å²) in [6.07, 6.45) is -0.0354. The van der Waals surface area contributed by atoms with Gasteiger partial charge in [0, 0.05) is 12.0 Å². The minimum absolute atomic E-state index is 0.148. The van der Waals surface area contributed by atoms with Gasteiger partial charge in [0.25, 0.3) is 0 Å². The SMILES string of the molecule is COc1ccc(C(C)C)c(CC(C)O)c1O. The smallest absolute Gasteiger partial charge is 0.161 e. The molecule has 2 N–H and O–H groups in total. The van der Waals surface area contributed by atoms with Crippen LogP contribution in [0.5, 0.6) is 11.5 Å². The second-order valence-electron chi connectivity index (χ2n) is 4.39. The normalized spacial score (nSPS) is 12.9. The molecule has 0 bridgehead atoms. The van der Waals surface area contributed by atoms with Gasteiger partial charge in [-0.25, -0.2) is 0 Å². The average molecular weight is 224 g/mol. The van der Waals surface area contributed by atoms with Crippen molar-refractivity contribution in [3.8, 4) is 11.5 Å². The van der Waals surface area contributed by atoms with Gasteiger partial charge in [0.2, 0.25) is 0 Å². The van der Waals surface area contributed by atoms with Gasteiger partial charge in [-0.2, -0.15) is 0 Å². The predicted octanol–water partition coefficient (Wildman–Crippen LogP) is 2.45. The Morgan fingerprint density at radius 2 is 1.88 bits per heavy atom. The summed E-state index contributed by atoms with van der Waals surface area (Å²) in [7, 11) is 1.52. The fraction of sp³-hybridized carbons (Fsp3) is 0.538. The summed E-state index contributed by atoms with van der Waals surface area (Å²) < 4.78 is 5.07. The van der Waals surface area contributed by atoms with Crippen LogP contribution in [0.1, 0.15) is 37.8 Å². The topological polar surface area (TPSA) is 49.7 Å². The van der Waals surface area contributed by atoms with Crippen LogP contribution in [0.25, 0.3) is 0 Å². The van der Waals surface area contributed by atoms with Crippen molar-refractivity contribution in [2.45, 2.75) is 39.2 Å². The van der Waals surface area contributed by atoms with Gasteiger partial charge in [0.1, 0.15) is 0 Å². The number of aliphatic hydroxyl groups is 1. The number of phenols is 1. The highest BCUT2D eigenvalue weighted by Gasteiger charge is 2.16. The molecule has 0 spiro atoms. The van der Waals surface area contributed by atoms with Crippen LogP contribution in [0.15, 0.2) is 12.1 Å². The average Bonchev–Trinajstić information content (AvgIpc) is 2.19. The van der Waals surface area contributed by atoms with Crippen molar-refractivity contribution in [3.63, 3.8) is 0 Å². The van der Waals surface area contributed by atoms with Gasteiger partial charge in [-0.3, -0.25) is 0 Å². The molecular formula is C13H20O3. The quantitative estimate of drug-likeness (QED) is 0.826. The van der Waals surface area contributed by atoms with Gasteiger partial charge < -0.3 is 14.9 Å². The van der Waals surface area contributed by atoms with Gasteiger partial charge in [0.05, 0.1) is 13.2 Å². The van der Waals surface area contributed by atoms with Crippen LogP contribution in [0.3, 0.4) is 0 Å². The first-order chi connectivity index (χ1) is 7.47. The van der Waals surface area contributed by atoms with Crippen LogP contribution in [0, 0.1) is 0 Å².